The first kappa shape index (κ1) is 14.7. The minimum atomic E-state index is 0.352. The number of rotatable bonds is 3. The van der Waals surface area contributed by atoms with Gasteiger partial charge in [-0.05, 0) is 36.2 Å². The second kappa shape index (κ2) is 6.19. The monoisotopic (exact) mass is 334 g/mol. The Morgan fingerprint density at radius 1 is 1.05 bits per heavy atom. The lowest BCUT2D eigenvalue weighted by molar-refractivity contribution is 1.12. The summed E-state index contributed by atoms with van der Waals surface area (Å²) in [5.74, 6) is 0. The van der Waals surface area contributed by atoms with Crippen molar-refractivity contribution in [2.45, 2.75) is 13.5 Å². The zero-order valence-electron chi connectivity index (χ0n) is 9.98. The van der Waals surface area contributed by atoms with E-state index in [1.807, 2.05) is 19.1 Å². The van der Waals surface area contributed by atoms with Crippen molar-refractivity contribution in [2.24, 2.45) is 0 Å². The summed E-state index contributed by atoms with van der Waals surface area (Å²) in [6.45, 7) is 2.48. The Morgan fingerprint density at radius 3 is 2.42 bits per heavy atom. The van der Waals surface area contributed by atoms with Gasteiger partial charge in [0, 0.05) is 6.54 Å². The molecule has 2 aromatic rings. The number of pyridine rings is 1. The lowest BCUT2D eigenvalue weighted by atomic mass is 10.2. The molecule has 0 aliphatic carbocycles. The maximum Gasteiger partial charge on any atom is 0.154 e. The number of hydrogen-bond donors (Lipinski definition) is 1. The molecule has 100 valence electrons. The van der Waals surface area contributed by atoms with Crippen LogP contribution in [0, 0.1) is 6.92 Å². The lowest BCUT2D eigenvalue weighted by Gasteiger charge is -2.11. The van der Waals surface area contributed by atoms with Crippen LogP contribution in [0.1, 0.15) is 11.1 Å². The van der Waals surface area contributed by atoms with E-state index >= 15 is 0 Å². The van der Waals surface area contributed by atoms with Crippen molar-refractivity contribution in [3.05, 3.63) is 55.7 Å². The fraction of sp³-hybridized carbons (Fsp3) is 0.154. The molecule has 0 radical (unpaired) electrons. The fourth-order valence-corrected chi connectivity index (χ4v) is 2.57. The second-order valence-corrected chi connectivity index (χ2v) is 5.59. The zero-order valence-corrected chi connectivity index (χ0v) is 13.0. The summed E-state index contributed by atoms with van der Waals surface area (Å²) in [5, 5.41) is 5.01. The van der Waals surface area contributed by atoms with Crippen LogP contribution < -0.4 is 5.32 Å². The number of nitrogens with one attached hydrogen (secondary N) is 1. The van der Waals surface area contributed by atoms with Gasteiger partial charge in [0.15, 0.2) is 5.15 Å². The fourth-order valence-electron chi connectivity index (χ4n) is 1.65. The summed E-state index contributed by atoms with van der Waals surface area (Å²) in [6.07, 6.45) is 0. The van der Waals surface area contributed by atoms with E-state index in [0.717, 1.165) is 16.8 Å². The molecular formula is C13H10Cl4N2. The molecule has 0 spiro atoms. The van der Waals surface area contributed by atoms with Crippen molar-refractivity contribution in [2.75, 3.05) is 5.32 Å². The molecule has 0 unspecified atom stereocenters. The van der Waals surface area contributed by atoms with Crippen molar-refractivity contribution < 1.29 is 0 Å². The molecule has 0 atom stereocenters. The smallest absolute Gasteiger partial charge is 0.154 e. The van der Waals surface area contributed by atoms with Gasteiger partial charge in [0.2, 0.25) is 0 Å². The minimum Gasteiger partial charge on any atom is -0.378 e. The number of nitrogens with zero attached hydrogens (tertiary/aromatic N) is 1. The molecule has 1 heterocycles. The largest absolute Gasteiger partial charge is 0.378 e. The number of hydrogen-bond acceptors (Lipinski definition) is 2. The van der Waals surface area contributed by atoms with E-state index in [2.05, 4.69) is 10.3 Å². The van der Waals surface area contributed by atoms with Crippen molar-refractivity contribution in [1.82, 2.24) is 4.98 Å². The van der Waals surface area contributed by atoms with Crippen LogP contribution in [0.4, 0.5) is 5.69 Å². The third-order valence-electron chi connectivity index (χ3n) is 2.59. The van der Waals surface area contributed by atoms with Gasteiger partial charge in [0.1, 0.15) is 5.15 Å². The molecule has 1 aromatic carbocycles. The Bertz CT molecular complexity index is 591. The molecule has 0 bridgehead atoms. The molecule has 2 nitrogen and oxygen atoms in total. The van der Waals surface area contributed by atoms with Crippen molar-refractivity contribution in [3.8, 4) is 0 Å². The Kier molecular flexibility index (Phi) is 4.80. The highest BCUT2D eigenvalue weighted by atomic mass is 35.5. The summed E-state index contributed by atoms with van der Waals surface area (Å²) in [5.41, 5.74) is 2.70. The van der Waals surface area contributed by atoms with Gasteiger partial charge in [-0.25, -0.2) is 4.98 Å². The molecule has 0 aliphatic rings. The summed E-state index contributed by atoms with van der Waals surface area (Å²) in [4.78, 5) is 4.00. The normalized spacial score (nSPS) is 10.6. The van der Waals surface area contributed by atoms with Crippen LogP contribution >= 0.6 is 46.4 Å². The first-order valence-electron chi connectivity index (χ1n) is 5.48. The quantitative estimate of drug-likeness (QED) is 0.737. The van der Waals surface area contributed by atoms with Crippen molar-refractivity contribution in [3.63, 3.8) is 0 Å². The number of anilines is 1. The molecule has 0 fully saturated rings. The van der Waals surface area contributed by atoms with E-state index in [-0.39, 0.29) is 0 Å². The van der Waals surface area contributed by atoms with Crippen LogP contribution in [0.2, 0.25) is 20.4 Å². The van der Waals surface area contributed by atoms with Gasteiger partial charge in [-0.15, -0.1) is 0 Å². The Balaban J connectivity index is 2.16. The third kappa shape index (κ3) is 3.67. The van der Waals surface area contributed by atoms with Crippen LogP contribution in [0.25, 0.3) is 0 Å². The summed E-state index contributed by atoms with van der Waals surface area (Å²) in [6, 6.07) is 7.22. The predicted octanol–water partition coefficient (Wildman–Crippen LogP) is 5.62. The molecule has 1 N–H and O–H groups in total. The van der Waals surface area contributed by atoms with Gasteiger partial charge in [-0.3, -0.25) is 0 Å². The molecule has 19 heavy (non-hydrogen) atoms. The molecule has 0 aliphatic heterocycles. The average Bonchev–Trinajstić information content (AvgIpc) is 2.32. The molecule has 2 rings (SSSR count). The van der Waals surface area contributed by atoms with Crippen LogP contribution in [0.5, 0.6) is 0 Å². The zero-order chi connectivity index (χ0) is 14.0. The highest BCUT2D eigenvalue weighted by Crippen LogP contribution is 2.28. The third-order valence-corrected chi connectivity index (χ3v) is 3.80. The number of aromatic nitrogens is 1. The molecule has 0 saturated carbocycles. The number of benzene rings is 1. The van der Waals surface area contributed by atoms with Gasteiger partial charge in [-0.1, -0.05) is 52.5 Å². The number of halogens is 4. The summed E-state index contributed by atoms with van der Waals surface area (Å²) in [7, 11) is 0. The second-order valence-electron chi connectivity index (χ2n) is 4.03. The van der Waals surface area contributed by atoms with E-state index in [1.165, 1.54) is 0 Å². The molecular weight excluding hydrogens is 326 g/mol. The van der Waals surface area contributed by atoms with Gasteiger partial charge in [0.25, 0.3) is 0 Å². The Morgan fingerprint density at radius 2 is 1.79 bits per heavy atom. The van der Waals surface area contributed by atoms with Gasteiger partial charge in [0.05, 0.1) is 15.7 Å². The summed E-state index contributed by atoms with van der Waals surface area (Å²) >= 11 is 23.7. The standard InChI is InChI=1S/C13H10Cl4N2/c1-7-4-11(16)19-13(17)12(7)18-6-8-2-3-9(14)10(15)5-8/h2-5,18H,6H2,1H3. The highest BCUT2D eigenvalue weighted by molar-refractivity contribution is 6.42. The average molecular weight is 336 g/mol. The predicted molar refractivity (Wildman–Crippen MR) is 82.8 cm³/mol. The van der Waals surface area contributed by atoms with Gasteiger partial charge in [-0.2, -0.15) is 0 Å². The van der Waals surface area contributed by atoms with E-state index in [1.54, 1.807) is 12.1 Å². The first-order chi connectivity index (χ1) is 8.97. The van der Waals surface area contributed by atoms with Crippen LogP contribution in [0.15, 0.2) is 24.3 Å². The highest BCUT2D eigenvalue weighted by Gasteiger charge is 2.07. The minimum absolute atomic E-state index is 0.352. The van der Waals surface area contributed by atoms with E-state index in [9.17, 15) is 0 Å². The first-order valence-corrected chi connectivity index (χ1v) is 6.99. The van der Waals surface area contributed by atoms with Crippen LogP contribution in [0.3, 0.4) is 0 Å². The molecule has 6 heteroatoms. The maximum atomic E-state index is 6.05. The van der Waals surface area contributed by atoms with E-state index in [4.69, 9.17) is 46.4 Å². The topological polar surface area (TPSA) is 24.9 Å². The maximum absolute atomic E-state index is 6.05. The summed E-state index contributed by atoms with van der Waals surface area (Å²) < 4.78 is 0. The van der Waals surface area contributed by atoms with E-state index in [0.29, 0.717) is 26.9 Å². The lowest BCUT2D eigenvalue weighted by Crippen LogP contribution is -2.03. The molecule has 1 aromatic heterocycles. The Hall–Kier alpha value is -0.670. The SMILES string of the molecule is Cc1cc(Cl)nc(Cl)c1NCc1ccc(Cl)c(Cl)c1. The molecule has 0 amide bonds. The van der Waals surface area contributed by atoms with Crippen molar-refractivity contribution >= 4 is 52.1 Å². The van der Waals surface area contributed by atoms with Gasteiger partial charge >= 0.3 is 0 Å². The van der Waals surface area contributed by atoms with Crippen LogP contribution in [-0.4, -0.2) is 4.98 Å². The number of aryl methyl sites for hydroxylation is 1. The molecule has 0 saturated heterocycles. The van der Waals surface area contributed by atoms with E-state index < -0.39 is 0 Å². The Labute approximate surface area is 131 Å². The van der Waals surface area contributed by atoms with Crippen molar-refractivity contribution in [1.29, 1.82) is 0 Å². The van der Waals surface area contributed by atoms with Crippen LogP contribution in [-0.2, 0) is 6.54 Å². The van der Waals surface area contributed by atoms with Gasteiger partial charge < -0.3 is 5.32 Å².